The van der Waals surface area contributed by atoms with E-state index in [9.17, 15) is 0 Å². The van der Waals surface area contributed by atoms with E-state index < -0.39 is 0 Å². The summed E-state index contributed by atoms with van der Waals surface area (Å²) in [6.07, 6.45) is 2.83. The molecule has 0 aromatic heterocycles. The van der Waals surface area contributed by atoms with Crippen LogP contribution in [-0.2, 0) is 4.74 Å². The van der Waals surface area contributed by atoms with E-state index in [1.165, 1.54) is 12.8 Å². The van der Waals surface area contributed by atoms with Gasteiger partial charge in [-0.2, -0.15) is 0 Å². The van der Waals surface area contributed by atoms with Crippen LogP contribution < -0.4 is 0 Å². The predicted molar refractivity (Wildman–Crippen MR) is 53.5 cm³/mol. The van der Waals surface area contributed by atoms with Crippen LogP contribution >= 0.6 is 0 Å². The summed E-state index contributed by atoms with van der Waals surface area (Å²) >= 11 is 0. The van der Waals surface area contributed by atoms with E-state index in [4.69, 9.17) is 4.74 Å². The molecule has 0 amide bonds. The van der Waals surface area contributed by atoms with E-state index in [1.54, 1.807) is 0 Å². The number of ether oxygens (including phenoxy) is 1. The van der Waals surface area contributed by atoms with Gasteiger partial charge in [0.05, 0.1) is 6.10 Å². The Bertz CT molecular complexity index is 55.5. The molecule has 0 atom stereocenters. The molecule has 1 nitrogen and oxygen atoms in total. The van der Waals surface area contributed by atoms with E-state index in [0.717, 1.165) is 16.1 Å². The summed E-state index contributed by atoms with van der Waals surface area (Å²) in [6, 6.07) is 0. The van der Waals surface area contributed by atoms with Crippen LogP contribution in [0.2, 0.25) is 13.1 Å². The lowest BCUT2D eigenvalue weighted by atomic mass is 10.3. The monoisotopic (exact) mass is 174 g/mol. The summed E-state index contributed by atoms with van der Waals surface area (Å²) in [6.45, 7) is 11.5. The van der Waals surface area contributed by atoms with Gasteiger partial charge in [0, 0.05) is 16.1 Å². The topological polar surface area (TPSA) is 9.23 Å². The maximum Gasteiger partial charge on any atom is 0.0518 e. The molecule has 0 saturated carbocycles. The van der Waals surface area contributed by atoms with E-state index in [-0.39, 0.29) is 0 Å². The summed E-state index contributed by atoms with van der Waals surface area (Å²) in [4.78, 5) is 0. The second-order valence-electron chi connectivity index (χ2n) is 2.77. The average molecular weight is 174 g/mol. The van der Waals surface area contributed by atoms with Crippen molar-refractivity contribution in [2.75, 3.05) is 6.61 Å². The van der Waals surface area contributed by atoms with Crippen LogP contribution in [0.1, 0.15) is 33.6 Å². The highest BCUT2D eigenvalue weighted by atomic mass is 28.2. The van der Waals surface area contributed by atoms with Crippen LogP contribution in [0, 0.1) is 0 Å². The van der Waals surface area contributed by atoms with Crippen LogP contribution in [-0.4, -0.2) is 22.2 Å². The largest absolute Gasteiger partial charge is 0.379 e. The second-order valence-corrected chi connectivity index (χ2v) is 3.77. The summed E-state index contributed by atoms with van der Waals surface area (Å²) in [5.41, 5.74) is 0. The van der Waals surface area contributed by atoms with Crippen LogP contribution in [0.4, 0.5) is 0 Å². The number of unbranched alkanes of at least 4 members (excludes halogenated alkanes) is 1. The van der Waals surface area contributed by atoms with E-state index in [0.29, 0.717) is 6.10 Å². The van der Waals surface area contributed by atoms with Crippen molar-refractivity contribution in [3.63, 3.8) is 0 Å². The maximum atomic E-state index is 5.28. The van der Waals surface area contributed by atoms with Crippen molar-refractivity contribution in [1.82, 2.24) is 0 Å². The fourth-order valence-electron chi connectivity index (χ4n) is 0.463. The highest BCUT2D eigenvalue weighted by Gasteiger charge is 1.89. The van der Waals surface area contributed by atoms with Crippen molar-refractivity contribution in [3.05, 3.63) is 0 Å². The molecule has 0 heterocycles. The molecule has 11 heavy (non-hydrogen) atoms. The van der Waals surface area contributed by atoms with Gasteiger partial charge in [-0.25, -0.2) is 0 Å². The minimum Gasteiger partial charge on any atom is -0.379 e. The van der Waals surface area contributed by atoms with Crippen LogP contribution in [0.5, 0.6) is 0 Å². The molecule has 0 aromatic carbocycles. The third-order valence-corrected chi connectivity index (χ3v) is 0.949. The Morgan fingerprint density at radius 1 is 1.27 bits per heavy atom. The van der Waals surface area contributed by atoms with Crippen molar-refractivity contribution < 1.29 is 4.74 Å². The van der Waals surface area contributed by atoms with Gasteiger partial charge < -0.3 is 4.74 Å². The van der Waals surface area contributed by atoms with Crippen molar-refractivity contribution >= 4 is 9.52 Å². The number of rotatable bonds is 4. The zero-order valence-electron chi connectivity index (χ0n) is 8.61. The Kier molecular flexibility index (Phi) is 16.0. The first-order valence-corrected chi connectivity index (χ1v) is 6.39. The number of hydrogen-bond acceptors (Lipinski definition) is 1. The van der Waals surface area contributed by atoms with Crippen molar-refractivity contribution in [1.29, 1.82) is 0 Å². The third kappa shape index (κ3) is 25.4. The second kappa shape index (κ2) is 12.8. The Balaban J connectivity index is 0. The van der Waals surface area contributed by atoms with Gasteiger partial charge in [-0.3, -0.25) is 0 Å². The average Bonchev–Trinajstić information content (AvgIpc) is 1.89. The molecule has 68 valence electrons. The molecule has 0 aromatic rings. The molecule has 0 unspecified atom stereocenters. The lowest BCUT2D eigenvalue weighted by Gasteiger charge is -2.04. The molecule has 2 radical (unpaired) electrons. The summed E-state index contributed by atoms with van der Waals surface area (Å²) in [5.74, 6) is 0. The fraction of sp³-hybridized carbons (Fsp3) is 1.00. The maximum absolute atomic E-state index is 5.28. The first kappa shape index (κ1) is 13.7. The lowest BCUT2D eigenvalue weighted by Crippen LogP contribution is -2.02. The molecule has 0 fully saturated rings. The zero-order chi connectivity index (χ0) is 9.11. The number of hydrogen-bond donors (Lipinski definition) is 0. The SMILES string of the molecule is CCCCOC(C)C.C[Si]C. The van der Waals surface area contributed by atoms with Crippen LogP contribution in [0.3, 0.4) is 0 Å². The van der Waals surface area contributed by atoms with Crippen LogP contribution in [0.15, 0.2) is 0 Å². The van der Waals surface area contributed by atoms with Crippen LogP contribution in [0.25, 0.3) is 0 Å². The normalized spacial score (nSPS) is 9.27. The Hall–Kier alpha value is 0.177. The molecular weight excluding hydrogens is 152 g/mol. The van der Waals surface area contributed by atoms with Crippen molar-refractivity contribution in [2.45, 2.75) is 52.8 Å². The third-order valence-electron chi connectivity index (χ3n) is 0.949. The van der Waals surface area contributed by atoms with Gasteiger partial charge in [0.15, 0.2) is 0 Å². The van der Waals surface area contributed by atoms with Gasteiger partial charge in [-0.05, 0) is 20.3 Å². The van der Waals surface area contributed by atoms with Gasteiger partial charge >= 0.3 is 0 Å². The smallest absolute Gasteiger partial charge is 0.0518 e. The Morgan fingerprint density at radius 2 is 1.73 bits per heavy atom. The fourth-order valence-corrected chi connectivity index (χ4v) is 0.463. The standard InChI is InChI=1S/C7H16O.C2H6Si/c1-4-5-6-8-7(2)3;1-3-2/h7H,4-6H2,1-3H3;1-2H3. The van der Waals surface area contributed by atoms with Gasteiger partial charge in [-0.15, -0.1) is 0 Å². The lowest BCUT2D eigenvalue weighted by molar-refractivity contribution is 0.0767. The zero-order valence-corrected chi connectivity index (χ0v) is 9.61. The first-order chi connectivity index (χ1) is 5.18. The van der Waals surface area contributed by atoms with Gasteiger partial charge in [-0.1, -0.05) is 26.4 Å². The highest BCUT2D eigenvalue weighted by molar-refractivity contribution is 6.31. The molecule has 0 saturated heterocycles. The summed E-state index contributed by atoms with van der Waals surface area (Å²) < 4.78 is 5.28. The van der Waals surface area contributed by atoms with E-state index in [1.807, 2.05) is 0 Å². The van der Waals surface area contributed by atoms with E-state index >= 15 is 0 Å². The highest BCUT2D eigenvalue weighted by Crippen LogP contribution is 1.91. The molecule has 0 aliphatic rings. The van der Waals surface area contributed by atoms with Gasteiger partial charge in [0.25, 0.3) is 0 Å². The molecule has 0 aliphatic carbocycles. The van der Waals surface area contributed by atoms with Crippen molar-refractivity contribution in [2.24, 2.45) is 0 Å². The predicted octanol–water partition coefficient (Wildman–Crippen LogP) is 3.00. The Morgan fingerprint density at radius 3 is 2.00 bits per heavy atom. The quantitative estimate of drug-likeness (QED) is 0.470. The first-order valence-electron chi connectivity index (χ1n) is 4.39. The van der Waals surface area contributed by atoms with Gasteiger partial charge in [0.1, 0.15) is 0 Å². The minimum absolute atomic E-state index is 0.404. The Labute approximate surface area is 74.4 Å². The molecule has 0 spiro atoms. The molecule has 0 N–H and O–H groups in total. The molecule has 2 heteroatoms. The molecule has 0 aliphatic heterocycles. The summed E-state index contributed by atoms with van der Waals surface area (Å²) in [7, 11) is 1.08. The summed E-state index contributed by atoms with van der Waals surface area (Å²) in [5, 5.41) is 0. The van der Waals surface area contributed by atoms with E-state index in [2.05, 4.69) is 33.9 Å². The molecule has 0 rings (SSSR count). The molecular formula is C9H22OSi. The van der Waals surface area contributed by atoms with Crippen molar-refractivity contribution in [3.8, 4) is 0 Å². The minimum atomic E-state index is 0.404. The molecule has 0 bridgehead atoms. The van der Waals surface area contributed by atoms with Gasteiger partial charge in [0.2, 0.25) is 0 Å².